The van der Waals surface area contributed by atoms with Crippen LogP contribution in [0.15, 0.2) is 0 Å². The van der Waals surface area contributed by atoms with Gasteiger partial charge in [0.2, 0.25) is 0 Å². The van der Waals surface area contributed by atoms with Crippen molar-refractivity contribution < 1.29 is 61.3 Å². The number of carboxylic acids is 1. The van der Waals surface area contributed by atoms with E-state index in [-0.39, 0.29) is 63.8 Å². The fraction of sp³-hybridized carbons (Fsp3) is 0.800. The first-order valence-corrected chi connectivity index (χ1v) is 2.85. The summed E-state index contributed by atoms with van der Waals surface area (Å²) in [6, 6.07) is -0.853. The molecule has 0 radical (unpaired) electrons. The molecule has 4 nitrogen and oxygen atoms in total. The van der Waals surface area contributed by atoms with Gasteiger partial charge in [0.05, 0.1) is 5.97 Å². The Balaban J connectivity index is -0.000000320. The van der Waals surface area contributed by atoms with E-state index in [0.717, 1.165) is 0 Å². The summed E-state index contributed by atoms with van der Waals surface area (Å²) in [5.41, 5.74) is 10.2. The topological polar surface area (TPSA) is 92.2 Å². The van der Waals surface area contributed by atoms with E-state index in [0.29, 0.717) is 19.4 Å². The van der Waals surface area contributed by atoms with Crippen molar-refractivity contribution >= 4 is 18.4 Å². The molecule has 0 aromatic rings. The maximum Gasteiger partial charge on any atom is 1.00 e. The van der Waals surface area contributed by atoms with E-state index in [4.69, 9.17) is 11.5 Å². The molecular weight excluding hydrogens is 195 g/mol. The average molecular weight is 207 g/mol. The summed E-state index contributed by atoms with van der Waals surface area (Å²) in [6.07, 6.45) is 1.04. The Kier molecular flexibility index (Phi) is 18.7. The van der Waals surface area contributed by atoms with Gasteiger partial charge in [-0.25, -0.2) is 0 Å². The zero-order chi connectivity index (χ0) is 7.28. The zero-order valence-corrected chi connectivity index (χ0v) is 10.5. The van der Waals surface area contributed by atoms with Crippen LogP contribution in [0.25, 0.3) is 0 Å². The fourth-order valence-corrected chi connectivity index (χ4v) is 0.456. The molecule has 0 amide bonds. The number of halogens is 1. The summed E-state index contributed by atoms with van der Waals surface area (Å²) in [4.78, 5) is 9.93. The van der Waals surface area contributed by atoms with Crippen molar-refractivity contribution in [2.24, 2.45) is 11.5 Å². The van der Waals surface area contributed by atoms with E-state index in [2.05, 4.69) is 0 Å². The molecule has 1 atom stereocenters. The Morgan fingerprint density at radius 2 is 2.00 bits per heavy atom. The van der Waals surface area contributed by atoms with Gasteiger partial charge in [-0.3, -0.25) is 0 Å². The van der Waals surface area contributed by atoms with Gasteiger partial charge in [-0.15, -0.1) is 12.4 Å². The number of carbonyl (C=O) groups is 1. The number of aliphatic carboxylic acids is 1. The first-order valence-electron chi connectivity index (χ1n) is 2.85. The van der Waals surface area contributed by atoms with Gasteiger partial charge in [-0.05, 0) is 19.4 Å². The van der Waals surface area contributed by atoms with E-state index < -0.39 is 12.0 Å². The van der Waals surface area contributed by atoms with Crippen LogP contribution in [0.4, 0.5) is 0 Å². The molecule has 11 heavy (non-hydrogen) atoms. The largest absolute Gasteiger partial charge is 1.00 e. The smallest absolute Gasteiger partial charge is 0.548 e. The predicted molar refractivity (Wildman–Crippen MR) is 38.5 cm³/mol. The molecule has 0 aliphatic heterocycles. The third kappa shape index (κ3) is 11.3. The van der Waals surface area contributed by atoms with Crippen LogP contribution >= 0.6 is 12.4 Å². The van der Waals surface area contributed by atoms with Crippen LogP contribution in [0.1, 0.15) is 12.8 Å². The van der Waals surface area contributed by atoms with E-state index >= 15 is 0 Å². The standard InChI is InChI=1S/C5H12N2O2.ClH.K/c6-3-1-2-4(7)5(8)9;;/h4H,1-3,6-7H2,(H,8,9);1H;/q;;+1/p-1/t4-;;/m0../s1. The maximum absolute atomic E-state index is 9.93. The molecule has 6 heteroatoms. The van der Waals surface area contributed by atoms with Crippen molar-refractivity contribution in [3.05, 3.63) is 0 Å². The molecule has 0 fully saturated rings. The first kappa shape index (κ1) is 18.2. The SMILES string of the molecule is Cl.NCCC[C@H](N)C(=O)[O-].[K+]. The molecule has 0 aliphatic carbocycles. The van der Waals surface area contributed by atoms with E-state index in [9.17, 15) is 9.90 Å². The number of hydrogen-bond acceptors (Lipinski definition) is 4. The fourth-order valence-electron chi connectivity index (χ4n) is 0.456. The van der Waals surface area contributed by atoms with Crippen molar-refractivity contribution in [1.82, 2.24) is 0 Å². The summed E-state index contributed by atoms with van der Waals surface area (Å²) in [7, 11) is 0. The van der Waals surface area contributed by atoms with Crippen LogP contribution in [-0.2, 0) is 4.79 Å². The van der Waals surface area contributed by atoms with Gasteiger partial charge >= 0.3 is 51.4 Å². The Morgan fingerprint density at radius 1 is 1.55 bits per heavy atom. The summed E-state index contributed by atoms with van der Waals surface area (Å²) >= 11 is 0. The van der Waals surface area contributed by atoms with Crippen molar-refractivity contribution in [2.45, 2.75) is 18.9 Å². The zero-order valence-electron chi connectivity index (χ0n) is 6.58. The molecule has 4 N–H and O–H groups in total. The van der Waals surface area contributed by atoms with Crippen molar-refractivity contribution in [2.75, 3.05) is 6.54 Å². The second-order valence-electron chi connectivity index (χ2n) is 1.86. The molecular formula is C5H12ClKN2O2. The Hall–Kier alpha value is 1.32. The van der Waals surface area contributed by atoms with Gasteiger partial charge in [-0.1, -0.05) is 0 Å². The second kappa shape index (κ2) is 11.3. The molecule has 0 spiro atoms. The van der Waals surface area contributed by atoms with E-state index in [1.54, 1.807) is 0 Å². The molecule has 0 aromatic carbocycles. The van der Waals surface area contributed by atoms with Gasteiger partial charge in [0, 0.05) is 6.04 Å². The number of carbonyl (C=O) groups excluding carboxylic acids is 1. The number of rotatable bonds is 4. The molecule has 0 aliphatic rings. The van der Waals surface area contributed by atoms with Crippen LogP contribution < -0.4 is 68.0 Å². The molecule has 0 saturated heterocycles. The van der Waals surface area contributed by atoms with E-state index in [1.807, 2.05) is 0 Å². The minimum atomic E-state index is -1.21. The van der Waals surface area contributed by atoms with Crippen LogP contribution in [0, 0.1) is 0 Å². The number of nitrogens with two attached hydrogens (primary N) is 2. The third-order valence-electron chi connectivity index (χ3n) is 1.02. The minimum absolute atomic E-state index is 0. The quantitative estimate of drug-likeness (QED) is 0.452. The summed E-state index contributed by atoms with van der Waals surface area (Å²) in [6.45, 7) is 0.473. The summed E-state index contributed by atoms with van der Waals surface area (Å²) in [5, 5.41) is 9.93. The minimum Gasteiger partial charge on any atom is -0.548 e. The molecule has 62 valence electrons. The summed E-state index contributed by atoms with van der Waals surface area (Å²) in [5.74, 6) is -1.21. The van der Waals surface area contributed by atoms with Crippen molar-refractivity contribution in [3.8, 4) is 0 Å². The van der Waals surface area contributed by atoms with Crippen molar-refractivity contribution in [1.29, 1.82) is 0 Å². The van der Waals surface area contributed by atoms with Crippen molar-refractivity contribution in [3.63, 3.8) is 0 Å². The Bertz CT molecular complexity index is 104. The van der Waals surface area contributed by atoms with Crippen LogP contribution in [0.3, 0.4) is 0 Å². The number of carboxylic acid groups (broad SMARTS) is 1. The van der Waals surface area contributed by atoms with Crippen LogP contribution in [-0.4, -0.2) is 18.6 Å². The predicted octanol–water partition coefficient (Wildman–Crippen LogP) is -4.77. The van der Waals surface area contributed by atoms with Crippen LogP contribution in [0.5, 0.6) is 0 Å². The first-order chi connectivity index (χ1) is 4.18. The van der Waals surface area contributed by atoms with Gasteiger partial charge in [0.15, 0.2) is 0 Å². The summed E-state index contributed by atoms with van der Waals surface area (Å²) < 4.78 is 0. The van der Waals surface area contributed by atoms with E-state index in [1.165, 1.54) is 0 Å². The number of hydrogen-bond donors (Lipinski definition) is 2. The average Bonchev–Trinajstić information content (AvgIpc) is 1.82. The normalized spacial score (nSPS) is 10.7. The van der Waals surface area contributed by atoms with Gasteiger partial charge < -0.3 is 21.4 Å². The molecule has 0 aromatic heterocycles. The Morgan fingerprint density at radius 3 is 2.27 bits per heavy atom. The van der Waals surface area contributed by atoms with Gasteiger partial charge in [0.1, 0.15) is 0 Å². The third-order valence-corrected chi connectivity index (χ3v) is 1.02. The second-order valence-corrected chi connectivity index (χ2v) is 1.86. The molecule has 0 heterocycles. The monoisotopic (exact) mass is 206 g/mol. The van der Waals surface area contributed by atoms with Gasteiger partial charge in [-0.2, -0.15) is 0 Å². The molecule has 0 unspecified atom stereocenters. The maximum atomic E-state index is 9.93. The molecule has 0 saturated carbocycles. The molecule has 0 bridgehead atoms. The van der Waals surface area contributed by atoms with Gasteiger partial charge in [0.25, 0.3) is 0 Å². The van der Waals surface area contributed by atoms with Crippen LogP contribution in [0.2, 0.25) is 0 Å². The Labute approximate surface area is 115 Å². The molecule has 0 rings (SSSR count).